The molecule has 0 fully saturated rings. The molecule has 0 saturated heterocycles. The van der Waals surface area contributed by atoms with Crippen molar-refractivity contribution in [3.63, 3.8) is 0 Å². The molecule has 0 heterocycles. The molecule has 0 aliphatic carbocycles. The number of aryl methyl sites for hydroxylation is 1. The number of hydrogen-bond donors (Lipinski definition) is 0. The molecule has 4 heteroatoms. The van der Waals surface area contributed by atoms with Crippen LogP contribution >= 0.6 is 0 Å². The van der Waals surface area contributed by atoms with E-state index in [1.165, 1.54) is 0 Å². The van der Waals surface area contributed by atoms with E-state index in [1.54, 1.807) is 19.2 Å². The van der Waals surface area contributed by atoms with Gasteiger partial charge in [-0.25, -0.2) is 0 Å². The lowest BCUT2D eigenvalue weighted by Gasteiger charge is -2.27. The van der Waals surface area contributed by atoms with Crippen molar-refractivity contribution in [2.24, 2.45) is 0 Å². The standard InChI is InChI=1S/C21H24N2O2/c1-16(2)23(15-19-6-4-18(14-22)5-7-19)21(24)13-10-17-8-11-20(25-3)12-9-17/h4-9,11-12,16H,10,13,15H2,1-3H3. The fourth-order valence-electron chi connectivity index (χ4n) is 2.63. The molecule has 0 saturated carbocycles. The van der Waals surface area contributed by atoms with Gasteiger partial charge < -0.3 is 9.64 Å². The van der Waals surface area contributed by atoms with Crippen LogP contribution in [0.4, 0.5) is 0 Å². The lowest BCUT2D eigenvalue weighted by molar-refractivity contribution is -0.133. The highest BCUT2D eigenvalue weighted by Crippen LogP contribution is 2.15. The number of benzene rings is 2. The summed E-state index contributed by atoms with van der Waals surface area (Å²) in [5.74, 6) is 0.954. The number of hydrogen-bond acceptors (Lipinski definition) is 3. The van der Waals surface area contributed by atoms with Gasteiger partial charge in [-0.05, 0) is 55.7 Å². The average Bonchev–Trinajstić information content (AvgIpc) is 2.64. The van der Waals surface area contributed by atoms with E-state index < -0.39 is 0 Å². The molecule has 4 nitrogen and oxygen atoms in total. The Bertz CT molecular complexity index is 728. The SMILES string of the molecule is COc1ccc(CCC(=O)N(Cc2ccc(C#N)cc2)C(C)C)cc1. The van der Waals surface area contributed by atoms with Crippen LogP contribution in [0.2, 0.25) is 0 Å². The van der Waals surface area contributed by atoms with E-state index in [1.807, 2.05) is 55.1 Å². The predicted octanol–water partition coefficient (Wildman–Crippen LogP) is 3.94. The van der Waals surface area contributed by atoms with Crippen LogP contribution < -0.4 is 4.74 Å². The van der Waals surface area contributed by atoms with Gasteiger partial charge in [0.05, 0.1) is 18.7 Å². The van der Waals surface area contributed by atoms with Crippen molar-refractivity contribution < 1.29 is 9.53 Å². The third kappa shape index (κ3) is 5.36. The minimum Gasteiger partial charge on any atom is -0.497 e. The van der Waals surface area contributed by atoms with Gasteiger partial charge >= 0.3 is 0 Å². The Morgan fingerprint density at radius 1 is 1.08 bits per heavy atom. The highest BCUT2D eigenvalue weighted by molar-refractivity contribution is 5.76. The summed E-state index contributed by atoms with van der Waals surface area (Å²) < 4.78 is 5.15. The number of carbonyl (C=O) groups is 1. The zero-order chi connectivity index (χ0) is 18.2. The van der Waals surface area contributed by atoms with Crippen LogP contribution in [0.25, 0.3) is 0 Å². The summed E-state index contributed by atoms with van der Waals surface area (Å²) in [5, 5.41) is 8.88. The molecular formula is C21H24N2O2. The van der Waals surface area contributed by atoms with Gasteiger partial charge in [0, 0.05) is 19.0 Å². The Morgan fingerprint density at radius 2 is 1.68 bits per heavy atom. The summed E-state index contributed by atoms with van der Waals surface area (Å²) in [5.41, 5.74) is 2.78. The molecule has 1 amide bonds. The minimum absolute atomic E-state index is 0.124. The molecule has 0 spiro atoms. The van der Waals surface area contributed by atoms with Crippen LogP contribution in [0.3, 0.4) is 0 Å². The average molecular weight is 336 g/mol. The summed E-state index contributed by atoms with van der Waals surface area (Å²) in [6, 6.07) is 17.4. The first kappa shape index (κ1) is 18.5. The van der Waals surface area contributed by atoms with Crippen molar-refractivity contribution >= 4 is 5.91 Å². The summed E-state index contributed by atoms with van der Waals surface area (Å²) >= 11 is 0. The van der Waals surface area contributed by atoms with E-state index in [0.717, 1.165) is 16.9 Å². The minimum atomic E-state index is 0.124. The van der Waals surface area contributed by atoms with E-state index in [9.17, 15) is 4.79 Å². The lowest BCUT2D eigenvalue weighted by Crippen LogP contribution is -2.36. The van der Waals surface area contributed by atoms with Crippen molar-refractivity contribution in [3.05, 3.63) is 65.2 Å². The summed E-state index contributed by atoms with van der Waals surface area (Å²) in [4.78, 5) is 14.5. The second-order valence-corrected chi connectivity index (χ2v) is 6.27. The summed E-state index contributed by atoms with van der Waals surface area (Å²) in [6.45, 7) is 4.61. The molecule has 0 aliphatic rings. The molecule has 2 aromatic carbocycles. The molecule has 0 aromatic heterocycles. The highest BCUT2D eigenvalue weighted by Gasteiger charge is 2.17. The van der Waals surface area contributed by atoms with Crippen molar-refractivity contribution in [2.75, 3.05) is 7.11 Å². The molecule has 0 bridgehead atoms. The molecule has 0 aliphatic heterocycles. The third-order valence-corrected chi connectivity index (χ3v) is 4.17. The maximum absolute atomic E-state index is 12.7. The van der Waals surface area contributed by atoms with Gasteiger partial charge in [-0.3, -0.25) is 4.79 Å². The molecule has 130 valence electrons. The fourth-order valence-corrected chi connectivity index (χ4v) is 2.63. The van der Waals surface area contributed by atoms with Crippen LogP contribution in [0, 0.1) is 11.3 Å². The lowest BCUT2D eigenvalue weighted by atomic mass is 10.1. The van der Waals surface area contributed by atoms with Crippen LogP contribution in [0.15, 0.2) is 48.5 Å². The Kier molecular flexibility index (Phi) is 6.59. The van der Waals surface area contributed by atoms with Crippen LogP contribution in [-0.2, 0) is 17.8 Å². The first-order chi connectivity index (χ1) is 12.0. The Hall–Kier alpha value is -2.80. The number of amides is 1. The smallest absolute Gasteiger partial charge is 0.223 e. The number of nitriles is 1. The Balaban J connectivity index is 1.97. The number of ether oxygens (including phenoxy) is 1. The third-order valence-electron chi connectivity index (χ3n) is 4.17. The highest BCUT2D eigenvalue weighted by atomic mass is 16.5. The summed E-state index contributed by atoms with van der Waals surface area (Å²) in [7, 11) is 1.64. The molecule has 2 rings (SSSR count). The first-order valence-corrected chi connectivity index (χ1v) is 8.45. The zero-order valence-electron chi connectivity index (χ0n) is 15.0. The first-order valence-electron chi connectivity index (χ1n) is 8.45. The second-order valence-electron chi connectivity index (χ2n) is 6.27. The van der Waals surface area contributed by atoms with Crippen molar-refractivity contribution in [1.82, 2.24) is 4.90 Å². The largest absolute Gasteiger partial charge is 0.497 e. The molecule has 0 radical (unpaired) electrons. The monoisotopic (exact) mass is 336 g/mol. The van der Waals surface area contributed by atoms with Gasteiger partial charge in [-0.1, -0.05) is 24.3 Å². The molecule has 0 unspecified atom stereocenters. The molecule has 0 atom stereocenters. The van der Waals surface area contributed by atoms with E-state index in [4.69, 9.17) is 10.00 Å². The molecular weight excluding hydrogens is 312 g/mol. The van der Waals surface area contributed by atoms with Gasteiger partial charge in [0.1, 0.15) is 5.75 Å². The van der Waals surface area contributed by atoms with Gasteiger partial charge in [-0.2, -0.15) is 5.26 Å². The van der Waals surface area contributed by atoms with Crippen LogP contribution in [0.5, 0.6) is 5.75 Å². The van der Waals surface area contributed by atoms with Crippen molar-refractivity contribution in [1.29, 1.82) is 5.26 Å². The molecule has 25 heavy (non-hydrogen) atoms. The van der Waals surface area contributed by atoms with Crippen molar-refractivity contribution in [2.45, 2.75) is 39.3 Å². The topological polar surface area (TPSA) is 53.3 Å². The number of nitrogens with zero attached hydrogens (tertiary/aromatic N) is 2. The van der Waals surface area contributed by atoms with Crippen LogP contribution in [-0.4, -0.2) is 24.0 Å². The molecule has 0 N–H and O–H groups in total. The Labute approximate surface area is 149 Å². The van der Waals surface area contributed by atoms with E-state index in [-0.39, 0.29) is 11.9 Å². The fraction of sp³-hybridized carbons (Fsp3) is 0.333. The maximum atomic E-state index is 12.7. The van der Waals surface area contributed by atoms with Crippen LogP contribution in [0.1, 0.15) is 37.0 Å². The maximum Gasteiger partial charge on any atom is 0.223 e. The van der Waals surface area contributed by atoms with Gasteiger partial charge in [-0.15, -0.1) is 0 Å². The summed E-state index contributed by atoms with van der Waals surface area (Å²) in [6.07, 6.45) is 1.18. The van der Waals surface area contributed by atoms with Gasteiger partial charge in [0.2, 0.25) is 5.91 Å². The van der Waals surface area contributed by atoms with E-state index in [2.05, 4.69) is 6.07 Å². The number of methoxy groups -OCH3 is 1. The van der Waals surface area contributed by atoms with E-state index in [0.29, 0.717) is 24.9 Å². The van der Waals surface area contributed by atoms with E-state index >= 15 is 0 Å². The van der Waals surface area contributed by atoms with Gasteiger partial charge in [0.15, 0.2) is 0 Å². The number of rotatable bonds is 7. The van der Waals surface area contributed by atoms with Gasteiger partial charge in [0.25, 0.3) is 0 Å². The zero-order valence-corrected chi connectivity index (χ0v) is 15.0. The second kappa shape index (κ2) is 8.89. The predicted molar refractivity (Wildman–Crippen MR) is 98.2 cm³/mol. The quantitative estimate of drug-likeness (QED) is 0.769. The van der Waals surface area contributed by atoms with Crippen molar-refractivity contribution in [3.8, 4) is 11.8 Å². The normalized spacial score (nSPS) is 10.4. The Morgan fingerprint density at radius 3 is 2.20 bits per heavy atom. The number of carbonyl (C=O) groups excluding carboxylic acids is 1. The molecule has 2 aromatic rings.